The Balaban J connectivity index is 1.35. The van der Waals surface area contributed by atoms with Crippen molar-refractivity contribution in [2.24, 2.45) is 11.7 Å². The molecule has 0 bridgehead atoms. The molecule has 1 fully saturated rings. The Morgan fingerprint density at radius 3 is 2.70 bits per heavy atom. The highest BCUT2D eigenvalue weighted by molar-refractivity contribution is 5.76. The number of hydrogen-bond donors (Lipinski definition) is 1. The number of aromatic nitrogens is 4. The number of fused-ring (bicyclic) bond motifs is 1. The van der Waals surface area contributed by atoms with Crippen LogP contribution in [0.5, 0.6) is 0 Å². The summed E-state index contributed by atoms with van der Waals surface area (Å²) < 4.78 is 8.03. The minimum Gasteiger partial charge on any atom is -0.436 e. The molecule has 2 atom stereocenters. The van der Waals surface area contributed by atoms with E-state index in [0.717, 1.165) is 53.7 Å². The fourth-order valence-corrected chi connectivity index (χ4v) is 4.38. The molecular formula is C23H23N5O2. The second kappa shape index (κ2) is 7.74. The van der Waals surface area contributed by atoms with Gasteiger partial charge in [-0.3, -0.25) is 4.79 Å². The fourth-order valence-electron chi connectivity index (χ4n) is 4.38. The third-order valence-corrected chi connectivity index (χ3v) is 5.96. The Labute approximate surface area is 173 Å². The van der Waals surface area contributed by atoms with Gasteiger partial charge in [-0.1, -0.05) is 24.3 Å². The van der Waals surface area contributed by atoms with Crippen molar-refractivity contribution in [3.8, 4) is 22.8 Å². The van der Waals surface area contributed by atoms with Gasteiger partial charge in [0.1, 0.15) is 11.8 Å². The molecule has 0 spiro atoms. The van der Waals surface area contributed by atoms with Gasteiger partial charge in [0.25, 0.3) is 0 Å². The maximum absolute atomic E-state index is 11.1. The van der Waals surface area contributed by atoms with E-state index in [2.05, 4.69) is 19.7 Å². The highest BCUT2D eigenvalue weighted by Gasteiger charge is 2.28. The number of amides is 1. The summed E-state index contributed by atoms with van der Waals surface area (Å²) in [6, 6.07) is 16.2. The molecule has 2 aromatic carbocycles. The number of oxazole rings is 1. The average molecular weight is 401 g/mol. The van der Waals surface area contributed by atoms with Gasteiger partial charge in [0, 0.05) is 23.6 Å². The van der Waals surface area contributed by atoms with E-state index in [1.54, 1.807) is 0 Å². The van der Waals surface area contributed by atoms with E-state index in [9.17, 15) is 4.79 Å². The molecule has 1 aliphatic rings. The molecule has 0 saturated heterocycles. The second-order valence-electron chi connectivity index (χ2n) is 7.96. The largest absolute Gasteiger partial charge is 0.436 e. The highest BCUT2D eigenvalue weighted by Crippen LogP contribution is 2.39. The van der Waals surface area contributed by atoms with E-state index in [4.69, 9.17) is 10.2 Å². The van der Waals surface area contributed by atoms with Gasteiger partial charge in [-0.15, -0.1) is 10.2 Å². The van der Waals surface area contributed by atoms with E-state index >= 15 is 0 Å². The van der Waals surface area contributed by atoms with Gasteiger partial charge >= 0.3 is 0 Å². The molecule has 152 valence electrons. The molecule has 30 heavy (non-hydrogen) atoms. The monoisotopic (exact) mass is 401 g/mol. The zero-order valence-corrected chi connectivity index (χ0v) is 16.6. The molecule has 0 aliphatic heterocycles. The van der Waals surface area contributed by atoms with Gasteiger partial charge in [0.2, 0.25) is 11.8 Å². The van der Waals surface area contributed by atoms with Crippen molar-refractivity contribution < 1.29 is 9.21 Å². The molecule has 2 N–H and O–H groups in total. The van der Waals surface area contributed by atoms with E-state index in [1.807, 2.05) is 54.9 Å². The van der Waals surface area contributed by atoms with Crippen LogP contribution in [0.25, 0.3) is 33.9 Å². The normalized spacial score (nSPS) is 18.8. The molecule has 7 heteroatoms. The lowest BCUT2D eigenvalue weighted by Crippen LogP contribution is -2.12. The summed E-state index contributed by atoms with van der Waals surface area (Å²) in [7, 11) is 0. The molecule has 7 nitrogen and oxygen atoms in total. The first-order chi connectivity index (χ1) is 14.7. The standard InChI is InChI=1S/C23H23N5O2/c24-21(29)12-6-15-5-11-18(13-15)28-14-25-27-22(28)16-7-9-17(10-8-16)23-26-19-3-1-2-4-20(19)30-23/h1-4,7-10,14-15,18H,5-6,11-13H2,(H2,24,29)/t15-,18+/m0/s1. The lowest BCUT2D eigenvalue weighted by molar-refractivity contribution is -0.118. The molecule has 2 aromatic heterocycles. The molecular weight excluding hydrogens is 378 g/mol. The molecule has 1 aliphatic carbocycles. The van der Waals surface area contributed by atoms with Crippen molar-refractivity contribution >= 4 is 17.0 Å². The van der Waals surface area contributed by atoms with Crippen LogP contribution < -0.4 is 5.73 Å². The molecule has 4 aromatic rings. The van der Waals surface area contributed by atoms with Crippen LogP contribution in [0.3, 0.4) is 0 Å². The number of nitrogens with zero attached hydrogens (tertiary/aromatic N) is 4. The maximum atomic E-state index is 11.1. The van der Waals surface area contributed by atoms with Gasteiger partial charge in [0.05, 0.1) is 0 Å². The number of nitrogens with two attached hydrogens (primary N) is 1. The number of hydrogen-bond acceptors (Lipinski definition) is 5. The summed E-state index contributed by atoms with van der Waals surface area (Å²) >= 11 is 0. The Kier molecular flexibility index (Phi) is 4.78. The predicted molar refractivity (Wildman–Crippen MR) is 113 cm³/mol. The second-order valence-corrected chi connectivity index (χ2v) is 7.96. The zero-order chi connectivity index (χ0) is 20.5. The summed E-state index contributed by atoms with van der Waals surface area (Å²) in [6.45, 7) is 0. The average Bonchev–Trinajstić information content (AvgIpc) is 3.51. The minimum absolute atomic E-state index is 0.220. The maximum Gasteiger partial charge on any atom is 0.227 e. The number of carbonyl (C=O) groups is 1. The molecule has 0 radical (unpaired) electrons. The van der Waals surface area contributed by atoms with E-state index < -0.39 is 0 Å². The Hall–Kier alpha value is -3.48. The fraction of sp³-hybridized carbons (Fsp3) is 0.304. The molecule has 2 heterocycles. The number of benzene rings is 2. The topological polar surface area (TPSA) is 99.8 Å². The predicted octanol–water partition coefficient (Wildman–Crippen LogP) is 4.36. The Bertz CT molecular complexity index is 1140. The first-order valence-electron chi connectivity index (χ1n) is 10.3. The lowest BCUT2D eigenvalue weighted by atomic mass is 10.0. The summed E-state index contributed by atoms with van der Waals surface area (Å²) in [5.74, 6) is 1.78. The third kappa shape index (κ3) is 3.58. The molecule has 5 rings (SSSR count). The van der Waals surface area contributed by atoms with E-state index in [0.29, 0.717) is 24.3 Å². The van der Waals surface area contributed by atoms with Crippen molar-refractivity contribution in [1.29, 1.82) is 0 Å². The summed E-state index contributed by atoms with van der Waals surface area (Å²) in [6.07, 6.45) is 6.33. The Morgan fingerprint density at radius 1 is 1.10 bits per heavy atom. The smallest absolute Gasteiger partial charge is 0.227 e. The third-order valence-electron chi connectivity index (χ3n) is 5.96. The molecule has 1 saturated carbocycles. The quantitative estimate of drug-likeness (QED) is 0.517. The number of carbonyl (C=O) groups excluding carboxylic acids is 1. The van der Waals surface area contributed by atoms with Gasteiger partial charge in [0.15, 0.2) is 11.4 Å². The SMILES string of the molecule is NC(=O)CC[C@@H]1CC[C@@H](n2cnnc2-c2ccc(-c3nc4ccccc4o3)cc2)C1. The number of primary amides is 1. The first-order valence-corrected chi connectivity index (χ1v) is 10.3. The van der Waals surface area contributed by atoms with Crippen molar-refractivity contribution in [2.75, 3.05) is 0 Å². The van der Waals surface area contributed by atoms with Crippen molar-refractivity contribution in [2.45, 2.75) is 38.1 Å². The highest BCUT2D eigenvalue weighted by atomic mass is 16.3. The minimum atomic E-state index is -0.220. The van der Waals surface area contributed by atoms with Crippen LogP contribution in [0.15, 0.2) is 59.3 Å². The van der Waals surface area contributed by atoms with Crippen LogP contribution in [-0.4, -0.2) is 25.7 Å². The van der Waals surface area contributed by atoms with Crippen LogP contribution in [0, 0.1) is 5.92 Å². The van der Waals surface area contributed by atoms with Gasteiger partial charge in [-0.25, -0.2) is 4.98 Å². The summed E-state index contributed by atoms with van der Waals surface area (Å²) in [5, 5.41) is 8.53. The zero-order valence-electron chi connectivity index (χ0n) is 16.6. The number of para-hydroxylation sites is 2. The van der Waals surface area contributed by atoms with Gasteiger partial charge < -0.3 is 14.7 Å². The van der Waals surface area contributed by atoms with Gasteiger partial charge in [-0.2, -0.15) is 0 Å². The lowest BCUT2D eigenvalue weighted by Gasteiger charge is -2.15. The molecule has 1 amide bonds. The van der Waals surface area contributed by atoms with Crippen molar-refractivity contribution in [1.82, 2.24) is 19.7 Å². The van der Waals surface area contributed by atoms with E-state index in [-0.39, 0.29) is 5.91 Å². The Morgan fingerprint density at radius 2 is 1.90 bits per heavy atom. The molecule has 0 unspecified atom stereocenters. The summed E-state index contributed by atoms with van der Waals surface area (Å²) in [5.41, 5.74) is 8.86. The van der Waals surface area contributed by atoms with Gasteiger partial charge in [-0.05, 0) is 55.9 Å². The van der Waals surface area contributed by atoms with Crippen LogP contribution in [0.4, 0.5) is 0 Å². The van der Waals surface area contributed by atoms with Crippen LogP contribution >= 0.6 is 0 Å². The van der Waals surface area contributed by atoms with Crippen molar-refractivity contribution in [3.05, 3.63) is 54.9 Å². The van der Waals surface area contributed by atoms with Crippen LogP contribution in [0.2, 0.25) is 0 Å². The van der Waals surface area contributed by atoms with Crippen molar-refractivity contribution in [3.63, 3.8) is 0 Å². The first kappa shape index (κ1) is 18.5. The van der Waals surface area contributed by atoms with Crippen LogP contribution in [0.1, 0.15) is 38.1 Å². The van der Waals surface area contributed by atoms with E-state index in [1.165, 1.54) is 0 Å². The summed E-state index contributed by atoms with van der Waals surface area (Å²) in [4.78, 5) is 15.6. The number of rotatable bonds is 6. The van der Waals surface area contributed by atoms with Crippen LogP contribution in [-0.2, 0) is 4.79 Å².